The lowest BCUT2D eigenvalue weighted by atomic mass is 9.67. The molecule has 0 saturated heterocycles. The van der Waals surface area contributed by atoms with Crippen LogP contribution in [0.5, 0.6) is 0 Å². The zero-order chi connectivity index (χ0) is 22.4. The molecule has 0 aromatic rings. The van der Waals surface area contributed by atoms with Crippen LogP contribution in [0.15, 0.2) is 20.1 Å². The fourth-order valence-electron chi connectivity index (χ4n) is 6.73. The van der Waals surface area contributed by atoms with Gasteiger partial charge in [-0.1, -0.05) is 92.8 Å². The topological polar surface area (TPSA) is 0 Å². The summed E-state index contributed by atoms with van der Waals surface area (Å²) in [6.45, 7) is 0. The van der Waals surface area contributed by atoms with E-state index in [2.05, 4.69) is 0 Å². The summed E-state index contributed by atoms with van der Waals surface area (Å²) >= 11 is 81.3. The summed E-state index contributed by atoms with van der Waals surface area (Å²) in [5, 5.41) is 0.765. The molecule has 30 heavy (non-hydrogen) atoms. The average molecular weight is 654 g/mol. The molecule has 5 aliphatic rings. The van der Waals surface area contributed by atoms with E-state index in [1.54, 1.807) is 0 Å². The van der Waals surface area contributed by atoms with Crippen LogP contribution in [-0.4, -0.2) is 28.2 Å². The van der Waals surface area contributed by atoms with E-state index in [0.29, 0.717) is 25.7 Å². The molecule has 0 aliphatic heterocycles. The second-order valence-corrected chi connectivity index (χ2v) is 15.4. The third-order valence-corrected chi connectivity index (χ3v) is 16.8. The van der Waals surface area contributed by atoms with Crippen molar-refractivity contribution < 1.29 is 0 Å². The summed E-state index contributed by atoms with van der Waals surface area (Å²) in [5.41, 5.74) is 0. The van der Waals surface area contributed by atoms with Crippen LogP contribution >= 0.6 is 139 Å². The molecule has 4 bridgehead atoms. The van der Waals surface area contributed by atoms with E-state index in [1.807, 2.05) is 0 Å². The van der Waals surface area contributed by atoms with Crippen LogP contribution < -0.4 is 0 Å². The molecule has 0 nitrogen and oxygen atoms in total. The van der Waals surface area contributed by atoms with Gasteiger partial charge in [0.25, 0.3) is 0 Å². The number of halogens is 12. The van der Waals surface area contributed by atoms with Gasteiger partial charge in [-0.3, -0.25) is 0 Å². The van der Waals surface area contributed by atoms with Crippen LogP contribution in [0.1, 0.15) is 25.7 Å². The molecule has 8 atom stereocenters. The maximum atomic E-state index is 7.02. The van der Waals surface area contributed by atoms with Crippen molar-refractivity contribution in [2.45, 2.75) is 53.8 Å². The molecule has 168 valence electrons. The molecular formula is C18H12Cl12. The van der Waals surface area contributed by atoms with Crippen molar-refractivity contribution in [3.05, 3.63) is 20.1 Å². The molecule has 0 amide bonds. The predicted octanol–water partition coefficient (Wildman–Crippen LogP) is 9.72. The highest BCUT2D eigenvalue weighted by Crippen LogP contribution is 2.81. The van der Waals surface area contributed by atoms with Crippen LogP contribution in [0.25, 0.3) is 0 Å². The minimum Gasteiger partial charge on any atom is -0.109 e. The van der Waals surface area contributed by atoms with Gasteiger partial charge in [0, 0.05) is 0 Å². The van der Waals surface area contributed by atoms with Crippen molar-refractivity contribution in [2.24, 2.45) is 23.7 Å². The van der Waals surface area contributed by atoms with Gasteiger partial charge in [0.1, 0.15) is 19.5 Å². The fourth-order valence-corrected chi connectivity index (χ4v) is 13.0. The molecule has 5 aliphatic carbocycles. The van der Waals surface area contributed by atoms with Crippen molar-refractivity contribution >= 4 is 139 Å². The summed E-state index contributed by atoms with van der Waals surface area (Å²) < 4.78 is -3.17. The van der Waals surface area contributed by atoms with Gasteiger partial charge >= 0.3 is 0 Å². The largest absolute Gasteiger partial charge is 0.166 e. The summed E-state index contributed by atoms with van der Waals surface area (Å²) in [6, 6.07) is 0. The number of hydrogen-bond donors (Lipinski definition) is 0. The highest BCUT2D eigenvalue weighted by molar-refractivity contribution is 6.66. The molecule has 12 heteroatoms. The van der Waals surface area contributed by atoms with Gasteiger partial charge in [0.05, 0.1) is 20.1 Å². The van der Waals surface area contributed by atoms with E-state index in [4.69, 9.17) is 139 Å². The molecule has 0 aromatic carbocycles. The molecule has 0 aromatic heterocycles. The van der Waals surface area contributed by atoms with Gasteiger partial charge in [-0.2, -0.15) is 0 Å². The monoisotopic (exact) mass is 648 g/mol. The SMILES string of the molecule is ClC1=C(Cl)[C@]2(Cl)C3CCC4C(CCC3[C@@]1(Cl)C2(Cl)Cl)[C@@]1(Cl)C(Cl)=C(Cl)[C@]4(Cl)C1(Cl)Cl. The Kier molecular flexibility index (Phi) is 5.61. The first kappa shape index (κ1) is 24.6. The second-order valence-electron chi connectivity index (χ2n) is 8.83. The van der Waals surface area contributed by atoms with E-state index in [9.17, 15) is 0 Å². The Morgan fingerprint density at radius 3 is 0.733 bits per heavy atom. The maximum absolute atomic E-state index is 7.02. The predicted molar refractivity (Wildman–Crippen MR) is 133 cm³/mol. The number of alkyl halides is 8. The van der Waals surface area contributed by atoms with Crippen molar-refractivity contribution in [2.75, 3.05) is 0 Å². The van der Waals surface area contributed by atoms with E-state index >= 15 is 0 Å². The van der Waals surface area contributed by atoms with E-state index in [1.165, 1.54) is 0 Å². The first-order valence-electron chi connectivity index (χ1n) is 9.22. The Hall–Kier alpha value is 2.96. The minimum absolute atomic E-state index is 0.191. The molecule has 0 spiro atoms. The third-order valence-electron chi connectivity index (χ3n) is 8.08. The highest BCUT2D eigenvalue weighted by atomic mass is 35.5. The Balaban J connectivity index is 1.62. The lowest BCUT2D eigenvalue weighted by Crippen LogP contribution is -2.45. The molecule has 3 fully saturated rings. The molecule has 4 unspecified atom stereocenters. The Labute approximate surface area is 234 Å². The second kappa shape index (κ2) is 6.83. The summed E-state index contributed by atoms with van der Waals surface area (Å²) in [4.78, 5) is -5.28. The molecule has 5 rings (SSSR count). The average Bonchev–Trinajstić information content (AvgIpc) is 2.96. The van der Waals surface area contributed by atoms with Gasteiger partial charge in [-0.05, 0) is 49.4 Å². The first-order chi connectivity index (χ1) is 13.6. The highest BCUT2D eigenvalue weighted by Gasteiger charge is 2.85. The van der Waals surface area contributed by atoms with Crippen LogP contribution in [0.2, 0.25) is 0 Å². The van der Waals surface area contributed by atoms with E-state index in [0.717, 1.165) is 0 Å². The van der Waals surface area contributed by atoms with Gasteiger partial charge < -0.3 is 0 Å². The quantitative estimate of drug-likeness (QED) is 0.229. The summed E-state index contributed by atoms with van der Waals surface area (Å²) in [6.07, 6.45) is 2.22. The number of allylic oxidation sites excluding steroid dienone is 4. The first-order valence-corrected chi connectivity index (χ1v) is 13.8. The molecule has 0 heterocycles. The minimum atomic E-state index is -1.58. The Morgan fingerprint density at radius 1 is 0.400 bits per heavy atom. The van der Waals surface area contributed by atoms with Gasteiger partial charge in [0.2, 0.25) is 0 Å². The normalized spacial score (nSPS) is 55.6. The molecule has 0 radical (unpaired) electrons. The number of fused-ring (bicyclic) bond motifs is 10. The van der Waals surface area contributed by atoms with Gasteiger partial charge in [-0.15, -0.1) is 46.4 Å². The number of hydrogen-bond acceptors (Lipinski definition) is 0. The third kappa shape index (κ3) is 2.18. The molecule has 3 saturated carbocycles. The van der Waals surface area contributed by atoms with Crippen LogP contribution in [0.4, 0.5) is 0 Å². The van der Waals surface area contributed by atoms with Gasteiger partial charge in [0.15, 0.2) is 8.67 Å². The van der Waals surface area contributed by atoms with Crippen molar-refractivity contribution in [3.8, 4) is 0 Å². The summed E-state index contributed by atoms with van der Waals surface area (Å²) in [7, 11) is 0. The van der Waals surface area contributed by atoms with Crippen LogP contribution in [0, 0.1) is 23.7 Å². The smallest absolute Gasteiger partial charge is 0.109 e. The van der Waals surface area contributed by atoms with Crippen LogP contribution in [-0.2, 0) is 0 Å². The molecular weight excluding hydrogens is 642 g/mol. The fraction of sp³-hybridized carbons (Fsp3) is 0.778. The molecule has 0 N–H and O–H groups in total. The number of rotatable bonds is 0. The zero-order valence-electron chi connectivity index (χ0n) is 14.7. The zero-order valence-corrected chi connectivity index (χ0v) is 23.7. The van der Waals surface area contributed by atoms with Gasteiger partial charge in [-0.25, -0.2) is 0 Å². The van der Waals surface area contributed by atoms with Crippen LogP contribution in [0.3, 0.4) is 0 Å². The lowest BCUT2D eigenvalue weighted by Gasteiger charge is -2.44. The summed E-state index contributed by atoms with van der Waals surface area (Å²) in [5.74, 6) is -0.976. The Bertz CT molecular complexity index is 782. The van der Waals surface area contributed by atoms with Crippen molar-refractivity contribution in [3.63, 3.8) is 0 Å². The van der Waals surface area contributed by atoms with Crippen molar-refractivity contribution in [1.29, 1.82) is 0 Å². The Morgan fingerprint density at radius 2 is 0.567 bits per heavy atom. The maximum Gasteiger partial charge on any atom is 0.166 e. The van der Waals surface area contributed by atoms with Crippen molar-refractivity contribution in [1.82, 2.24) is 0 Å². The van der Waals surface area contributed by atoms with E-state index < -0.39 is 28.2 Å². The van der Waals surface area contributed by atoms with E-state index in [-0.39, 0.29) is 43.8 Å². The standard InChI is InChI=1S/C18H12Cl12/c19-9-10(20)15(25)7-3-4-8-6(2-1-5(7)13(9,23)17(15,27)28)14(24)11(21)12(22)16(8,26)18(14,29)30/h5-8H,1-4H2/t5?,6?,7?,8?,13-,14+,15+,16-. The lowest BCUT2D eigenvalue weighted by molar-refractivity contribution is 0.175.